The monoisotopic (exact) mass is 110 g/mol. The summed E-state index contributed by atoms with van der Waals surface area (Å²) in [6.07, 6.45) is 6.30. The van der Waals surface area contributed by atoms with E-state index in [1.807, 2.05) is 6.08 Å². The number of allylic oxidation sites excluding steroid dienone is 3. The molecule has 0 N–H and O–H groups in total. The van der Waals surface area contributed by atoms with E-state index in [2.05, 4.69) is 26.5 Å². The predicted octanol–water partition coefficient (Wildman–Crippen LogP) is 2.92. The SMILES string of the molecule is C=CC/C(=C/C)CC. The zero-order valence-corrected chi connectivity index (χ0v) is 5.78. The first kappa shape index (κ1) is 7.48. The predicted molar refractivity (Wildman–Crippen MR) is 38.9 cm³/mol. The summed E-state index contributed by atoms with van der Waals surface area (Å²) < 4.78 is 0. The van der Waals surface area contributed by atoms with Crippen molar-refractivity contribution in [1.82, 2.24) is 0 Å². The van der Waals surface area contributed by atoms with E-state index >= 15 is 0 Å². The van der Waals surface area contributed by atoms with Crippen molar-refractivity contribution in [3.05, 3.63) is 24.3 Å². The van der Waals surface area contributed by atoms with Gasteiger partial charge < -0.3 is 0 Å². The van der Waals surface area contributed by atoms with E-state index in [0.29, 0.717) is 0 Å². The number of hydrogen-bond donors (Lipinski definition) is 0. The molecule has 8 heavy (non-hydrogen) atoms. The van der Waals surface area contributed by atoms with E-state index in [0.717, 1.165) is 12.8 Å². The Balaban J connectivity index is 3.53. The standard InChI is InChI=1S/C8H14/c1-4-7-8(5-2)6-3/h4-5H,1,6-7H2,2-3H3/b8-5+. The highest BCUT2D eigenvalue weighted by molar-refractivity contribution is 5.03. The van der Waals surface area contributed by atoms with Gasteiger partial charge in [-0.1, -0.05) is 24.6 Å². The summed E-state index contributed by atoms with van der Waals surface area (Å²) in [6.45, 7) is 7.89. The van der Waals surface area contributed by atoms with Crippen molar-refractivity contribution in [2.24, 2.45) is 0 Å². The van der Waals surface area contributed by atoms with Crippen LogP contribution >= 0.6 is 0 Å². The molecule has 0 aromatic rings. The van der Waals surface area contributed by atoms with Crippen LogP contribution in [-0.4, -0.2) is 0 Å². The fourth-order valence-corrected chi connectivity index (χ4v) is 0.652. The molecule has 0 atom stereocenters. The fourth-order valence-electron chi connectivity index (χ4n) is 0.652. The van der Waals surface area contributed by atoms with Gasteiger partial charge in [-0.25, -0.2) is 0 Å². The third-order valence-corrected chi connectivity index (χ3v) is 1.27. The van der Waals surface area contributed by atoms with Crippen LogP contribution in [-0.2, 0) is 0 Å². The summed E-state index contributed by atoms with van der Waals surface area (Å²) in [6, 6.07) is 0. The summed E-state index contributed by atoms with van der Waals surface area (Å²) in [5, 5.41) is 0. The van der Waals surface area contributed by atoms with Crippen LogP contribution in [0.15, 0.2) is 24.3 Å². The van der Waals surface area contributed by atoms with Gasteiger partial charge in [0, 0.05) is 0 Å². The van der Waals surface area contributed by atoms with E-state index in [4.69, 9.17) is 0 Å². The second-order valence-corrected chi connectivity index (χ2v) is 1.79. The second kappa shape index (κ2) is 4.63. The Kier molecular flexibility index (Phi) is 4.33. The van der Waals surface area contributed by atoms with Gasteiger partial charge in [-0.05, 0) is 19.8 Å². The summed E-state index contributed by atoms with van der Waals surface area (Å²) in [5.74, 6) is 0. The molecule has 0 spiro atoms. The van der Waals surface area contributed by atoms with Gasteiger partial charge in [0.15, 0.2) is 0 Å². The van der Waals surface area contributed by atoms with Crippen molar-refractivity contribution in [2.45, 2.75) is 26.7 Å². The van der Waals surface area contributed by atoms with Gasteiger partial charge >= 0.3 is 0 Å². The van der Waals surface area contributed by atoms with Crippen LogP contribution in [0.3, 0.4) is 0 Å². The lowest BCUT2D eigenvalue weighted by molar-refractivity contribution is 1.03. The summed E-state index contributed by atoms with van der Waals surface area (Å²) >= 11 is 0. The number of rotatable bonds is 3. The topological polar surface area (TPSA) is 0 Å². The molecule has 0 fully saturated rings. The smallest absolute Gasteiger partial charge is 0.0142 e. The van der Waals surface area contributed by atoms with Crippen LogP contribution in [0.1, 0.15) is 26.7 Å². The molecule has 0 heteroatoms. The minimum atomic E-state index is 1.05. The molecule has 0 rings (SSSR count). The lowest BCUT2D eigenvalue weighted by atomic mass is 10.1. The first-order valence-electron chi connectivity index (χ1n) is 3.10. The zero-order valence-electron chi connectivity index (χ0n) is 5.78. The van der Waals surface area contributed by atoms with Crippen LogP contribution < -0.4 is 0 Å². The van der Waals surface area contributed by atoms with Gasteiger partial charge in [-0.3, -0.25) is 0 Å². The lowest BCUT2D eigenvalue weighted by Crippen LogP contribution is -1.74. The molecule has 0 unspecified atom stereocenters. The molecule has 0 saturated heterocycles. The van der Waals surface area contributed by atoms with E-state index < -0.39 is 0 Å². The van der Waals surface area contributed by atoms with Crippen molar-refractivity contribution in [1.29, 1.82) is 0 Å². The maximum atomic E-state index is 3.66. The third-order valence-electron chi connectivity index (χ3n) is 1.27. The van der Waals surface area contributed by atoms with E-state index in [1.165, 1.54) is 5.57 Å². The molecule has 46 valence electrons. The normalized spacial score (nSPS) is 11.5. The zero-order chi connectivity index (χ0) is 6.41. The van der Waals surface area contributed by atoms with Crippen molar-refractivity contribution in [3.8, 4) is 0 Å². The van der Waals surface area contributed by atoms with Gasteiger partial charge in [0.2, 0.25) is 0 Å². The molecule has 0 aliphatic heterocycles. The summed E-state index contributed by atoms with van der Waals surface area (Å²) in [7, 11) is 0. The minimum Gasteiger partial charge on any atom is -0.103 e. The summed E-state index contributed by atoms with van der Waals surface area (Å²) in [4.78, 5) is 0. The Morgan fingerprint density at radius 1 is 1.62 bits per heavy atom. The molecule has 0 aliphatic rings. The summed E-state index contributed by atoms with van der Waals surface area (Å²) in [5.41, 5.74) is 1.47. The molecule has 0 aliphatic carbocycles. The average molecular weight is 110 g/mol. The maximum absolute atomic E-state index is 3.66. The Bertz CT molecular complexity index is 88.2. The van der Waals surface area contributed by atoms with Crippen molar-refractivity contribution < 1.29 is 0 Å². The van der Waals surface area contributed by atoms with Gasteiger partial charge in [-0.15, -0.1) is 6.58 Å². The Labute approximate surface area is 51.9 Å². The van der Waals surface area contributed by atoms with Crippen LogP contribution in [0.2, 0.25) is 0 Å². The molecule has 0 bridgehead atoms. The van der Waals surface area contributed by atoms with E-state index in [-0.39, 0.29) is 0 Å². The Morgan fingerprint density at radius 3 is 2.38 bits per heavy atom. The first-order valence-corrected chi connectivity index (χ1v) is 3.10. The largest absolute Gasteiger partial charge is 0.103 e. The van der Waals surface area contributed by atoms with E-state index in [1.54, 1.807) is 0 Å². The highest BCUT2D eigenvalue weighted by Gasteiger charge is 1.84. The van der Waals surface area contributed by atoms with Crippen molar-refractivity contribution in [3.63, 3.8) is 0 Å². The van der Waals surface area contributed by atoms with Gasteiger partial charge in [-0.2, -0.15) is 0 Å². The highest BCUT2D eigenvalue weighted by atomic mass is 13.9. The second-order valence-electron chi connectivity index (χ2n) is 1.79. The highest BCUT2D eigenvalue weighted by Crippen LogP contribution is 2.04. The van der Waals surface area contributed by atoms with Crippen molar-refractivity contribution >= 4 is 0 Å². The molecule has 0 nitrogen and oxygen atoms in total. The molecule has 0 aromatic carbocycles. The maximum Gasteiger partial charge on any atom is -0.0142 e. The molecule has 0 radical (unpaired) electrons. The van der Waals surface area contributed by atoms with Gasteiger partial charge in [0.1, 0.15) is 0 Å². The molecule has 0 amide bonds. The first-order chi connectivity index (χ1) is 3.85. The average Bonchev–Trinajstić information content (AvgIpc) is 1.83. The fraction of sp³-hybridized carbons (Fsp3) is 0.500. The lowest BCUT2D eigenvalue weighted by Gasteiger charge is -1.94. The quantitative estimate of drug-likeness (QED) is 0.490. The number of hydrogen-bond acceptors (Lipinski definition) is 0. The molecular formula is C8H14. The van der Waals surface area contributed by atoms with Crippen LogP contribution in [0, 0.1) is 0 Å². The van der Waals surface area contributed by atoms with E-state index in [9.17, 15) is 0 Å². The minimum absolute atomic E-state index is 1.05. The Hall–Kier alpha value is -0.520. The van der Waals surface area contributed by atoms with Gasteiger partial charge in [0.05, 0.1) is 0 Å². The molecule has 0 aromatic heterocycles. The molecule has 0 heterocycles. The molecular weight excluding hydrogens is 96.1 g/mol. The van der Waals surface area contributed by atoms with Crippen LogP contribution in [0.5, 0.6) is 0 Å². The third kappa shape index (κ3) is 2.62. The van der Waals surface area contributed by atoms with Gasteiger partial charge in [0.25, 0.3) is 0 Å². The van der Waals surface area contributed by atoms with Crippen LogP contribution in [0.25, 0.3) is 0 Å². The van der Waals surface area contributed by atoms with Crippen LogP contribution in [0.4, 0.5) is 0 Å². The molecule has 0 saturated carbocycles. The van der Waals surface area contributed by atoms with Crippen molar-refractivity contribution in [2.75, 3.05) is 0 Å². The Morgan fingerprint density at radius 2 is 2.25 bits per heavy atom.